The van der Waals surface area contributed by atoms with Gasteiger partial charge in [-0.1, -0.05) is 70.6 Å². The molecule has 44 heavy (non-hydrogen) atoms. The minimum absolute atomic E-state index is 0.426. The Balaban J connectivity index is 0.00000141. The number of thioether (sulfide) groups is 8. The molecule has 0 spiro atoms. The van der Waals surface area contributed by atoms with Gasteiger partial charge in [0.15, 0.2) is 11.5 Å². The Bertz CT molecular complexity index is 1160. The average molecular weight is 754 g/mol. The van der Waals surface area contributed by atoms with Crippen LogP contribution < -0.4 is 9.47 Å². The van der Waals surface area contributed by atoms with Crippen LogP contribution in [-0.2, 0) is 23.7 Å². The quantitative estimate of drug-likeness (QED) is 0.290. The monoisotopic (exact) mass is 753 g/mol. The van der Waals surface area contributed by atoms with Crippen LogP contribution in [0.1, 0.15) is 6.92 Å². The summed E-state index contributed by atoms with van der Waals surface area (Å²) in [5, 5.41) is 7.32. The van der Waals surface area contributed by atoms with E-state index in [9.17, 15) is 0 Å². The first-order valence-electron chi connectivity index (χ1n) is 13.7. The van der Waals surface area contributed by atoms with Gasteiger partial charge in [-0.2, -0.15) is 5.26 Å². The third-order valence-electron chi connectivity index (χ3n) is 5.49. The van der Waals surface area contributed by atoms with Gasteiger partial charge in [0.2, 0.25) is 0 Å². The Kier molecular flexibility index (Phi) is 17.8. The van der Waals surface area contributed by atoms with E-state index in [-0.39, 0.29) is 0 Å². The van der Waals surface area contributed by atoms with Crippen molar-refractivity contribution >= 4 is 94.1 Å². The molecule has 0 aliphatic carbocycles. The lowest BCUT2D eigenvalue weighted by atomic mass is 10.3. The average Bonchev–Trinajstić information content (AvgIpc) is 3.64. The molecule has 8 nitrogen and oxygen atoms in total. The molecule has 0 fully saturated rings. The Morgan fingerprint density at radius 2 is 0.818 bits per heavy atom. The van der Waals surface area contributed by atoms with Crippen molar-refractivity contribution in [3.05, 3.63) is 37.6 Å². The maximum absolute atomic E-state index is 7.32. The lowest BCUT2D eigenvalue weighted by Gasteiger charge is -2.20. The lowest BCUT2D eigenvalue weighted by Crippen LogP contribution is -2.14. The molecule has 0 saturated carbocycles. The predicted octanol–water partition coefficient (Wildman–Crippen LogP) is 8.33. The van der Waals surface area contributed by atoms with Gasteiger partial charge in [-0.25, -0.2) is 0 Å². The van der Waals surface area contributed by atoms with Gasteiger partial charge in [0.25, 0.3) is 0 Å². The summed E-state index contributed by atoms with van der Waals surface area (Å²) in [6, 6.07) is 5.96. The molecule has 0 saturated heterocycles. The number of benzene rings is 1. The fraction of sp³-hybridized carbons (Fsp3) is 0.536. The minimum Gasteiger partial charge on any atom is -0.487 e. The fourth-order valence-corrected chi connectivity index (χ4v) is 14.7. The number of hydrogen-bond donors (Lipinski definition) is 0. The first-order valence-corrected chi connectivity index (χ1v) is 21.0. The largest absolute Gasteiger partial charge is 0.487 e. The molecule has 0 aromatic heterocycles. The molecule has 0 bridgehead atoms. The van der Waals surface area contributed by atoms with Crippen LogP contribution >= 0.6 is 94.1 Å². The Morgan fingerprint density at radius 1 is 0.523 bits per heavy atom. The summed E-state index contributed by atoms with van der Waals surface area (Å²) >= 11 is 14.9. The van der Waals surface area contributed by atoms with Gasteiger partial charge in [0.1, 0.15) is 13.2 Å². The Labute approximate surface area is 294 Å². The summed E-state index contributed by atoms with van der Waals surface area (Å²) in [7, 11) is 0. The molecule has 0 atom stereocenters. The van der Waals surface area contributed by atoms with Crippen molar-refractivity contribution in [3.63, 3.8) is 0 Å². The van der Waals surface area contributed by atoms with Crippen molar-refractivity contribution in [1.82, 2.24) is 0 Å². The second-order valence-corrected chi connectivity index (χ2v) is 17.8. The molecule has 4 aliphatic rings. The molecule has 4 aliphatic heterocycles. The summed E-state index contributed by atoms with van der Waals surface area (Å²) in [6.07, 6.45) is 4.32. The van der Waals surface area contributed by atoms with E-state index in [1.165, 1.54) is 42.1 Å². The molecule has 0 amide bonds. The summed E-state index contributed by atoms with van der Waals surface area (Å²) in [6.45, 7) is 7.44. The zero-order valence-electron chi connectivity index (χ0n) is 24.7. The summed E-state index contributed by atoms with van der Waals surface area (Å²) in [4.78, 5) is 2.37. The molecule has 1 aromatic rings. The standard InChI is InChI=1S/C26H32O7S8.C2H3N/c1-34-21-22(35-2)39-25(38-21)26-40-23-24(41-26)37-20-16-18-17(15-19(20)36-23)32-13-11-30-9-7-28-5-3-27-4-6-29-8-10-31-12-14-33-18;1-2-3/h15-16H,3-14H2,1-2H3;1H3. The van der Waals surface area contributed by atoms with Crippen molar-refractivity contribution in [2.24, 2.45) is 0 Å². The number of nitriles is 1. The number of hydrogen-bond acceptors (Lipinski definition) is 16. The zero-order valence-corrected chi connectivity index (χ0v) is 31.2. The molecule has 4 heterocycles. The molecule has 0 radical (unpaired) electrons. The summed E-state index contributed by atoms with van der Waals surface area (Å²) in [5.41, 5.74) is 0. The number of ether oxygens (including phenoxy) is 7. The van der Waals surface area contributed by atoms with E-state index in [0.29, 0.717) is 79.3 Å². The van der Waals surface area contributed by atoms with Crippen molar-refractivity contribution in [2.45, 2.75) is 16.7 Å². The van der Waals surface area contributed by atoms with Gasteiger partial charge in [-0.3, -0.25) is 0 Å². The highest BCUT2D eigenvalue weighted by molar-refractivity contribution is 8.45. The molecule has 0 N–H and O–H groups in total. The van der Waals surface area contributed by atoms with Gasteiger partial charge < -0.3 is 33.2 Å². The maximum Gasteiger partial charge on any atom is 0.162 e. The molecule has 1 aromatic carbocycles. The highest BCUT2D eigenvalue weighted by Crippen LogP contribution is 2.69. The zero-order chi connectivity index (χ0) is 31.0. The van der Waals surface area contributed by atoms with Crippen LogP contribution in [-0.4, -0.2) is 91.8 Å². The number of rotatable bonds is 2. The molecule has 0 unspecified atom stereocenters. The Morgan fingerprint density at radius 3 is 1.16 bits per heavy atom. The van der Waals surface area contributed by atoms with Gasteiger partial charge in [0, 0.05) is 16.7 Å². The molecule has 16 heteroatoms. The fourth-order valence-electron chi connectivity index (χ4n) is 3.60. The summed E-state index contributed by atoms with van der Waals surface area (Å²) in [5.74, 6) is 1.45. The van der Waals surface area contributed by atoms with E-state index >= 15 is 0 Å². The maximum atomic E-state index is 7.32. The van der Waals surface area contributed by atoms with E-state index in [4.69, 9.17) is 38.4 Å². The van der Waals surface area contributed by atoms with Gasteiger partial charge in [-0.05, 0) is 24.6 Å². The van der Waals surface area contributed by atoms with Crippen LogP contribution in [0.5, 0.6) is 11.5 Å². The highest BCUT2D eigenvalue weighted by Gasteiger charge is 2.34. The highest BCUT2D eigenvalue weighted by atomic mass is 32.3. The van der Waals surface area contributed by atoms with E-state index in [0.717, 1.165) is 11.5 Å². The van der Waals surface area contributed by atoms with Crippen LogP contribution in [0, 0.1) is 11.3 Å². The van der Waals surface area contributed by atoms with E-state index in [1.807, 2.05) is 94.1 Å². The van der Waals surface area contributed by atoms with Crippen LogP contribution in [0.4, 0.5) is 0 Å². The first-order chi connectivity index (χ1) is 21.7. The smallest absolute Gasteiger partial charge is 0.162 e. The molecular weight excluding hydrogens is 719 g/mol. The second-order valence-electron chi connectivity index (χ2n) is 8.47. The molecular formula is C28H35NO7S8. The normalized spacial score (nSPS) is 21.0. The summed E-state index contributed by atoms with van der Waals surface area (Å²) < 4.78 is 48.6. The number of nitrogens with zero attached hydrogens (tertiary/aromatic N) is 1. The predicted molar refractivity (Wildman–Crippen MR) is 193 cm³/mol. The van der Waals surface area contributed by atoms with E-state index in [1.54, 1.807) is 6.07 Å². The van der Waals surface area contributed by atoms with E-state index in [2.05, 4.69) is 24.6 Å². The van der Waals surface area contributed by atoms with Crippen molar-refractivity contribution in [1.29, 1.82) is 5.26 Å². The number of fused-ring (bicyclic) bond motifs is 2. The van der Waals surface area contributed by atoms with Gasteiger partial charge >= 0.3 is 0 Å². The van der Waals surface area contributed by atoms with Crippen LogP contribution in [0.25, 0.3) is 0 Å². The first kappa shape index (κ1) is 37.0. The van der Waals surface area contributed by atoms with E-state index < -0.39 is 0 Å². The second kappa shape index (κ2) is 21.2. The molecule has 242 valence electrons. The van der Waals surface area contributed by atoms with Crippen molar-refractivity contribution < 1.29 is 33.2 Å². The lowest BCUT2D eigenvalue weighted by molar-refractivity contribution is -0.0134. The van der Waals surface area contributed by atoms with Crippen LogP contribution in [0.3, 0.4) is 0 Å². The van der Waals surface area contributed by atoms with Gasteiger partial charge in [-0.15, -0.1) is 23.5 Å². The van der Waals surface area contributed by atoms with Crippen LogP contribution in [0.15, 0.2) is 47.3 Å². The minimum atomic E-state index is 0.426. The topological polar surface area (TPSA) is 88.4 Å². The van der Waals surface area contributed by atoms with Crippen LogP contribution in [0.2, 0.25) is 0 Å². The van der Waals surface area contributed by atoms with Crippen molar-refractivity contribution in [3.8, 4) is 17.6 Å². The third-order valence-corrected chi connectivity index (χ3v) is 16.8. The van der Waals surface area contributed by atoms with Crippen molar-refractivity contribution in [2.75, 3.05) is 91.8 Å². The third kappa shape index (κ3) is 11.7. The van der Waals surface area contributed by atoms with Gasteiger partial charge in [0.05, 0.1) is 97.6 Å². The SMILES string of the molecule is CC#N.CSC1=C(SC)SC(=C2SC3=C(S2)Sc2cc4c(cc2S3)OCCOCCOCCOCCOCCOCCO4)S1. The molecule has 5 rings (SSSR count). The Hall–Kier alpha value is 0.130.